The van der Waals surface area contributed by atoms with Crippen molar-refractivity contribution in [3.8, 4) is 0 Å². The van der Waals surface area contributed by atoms with E-state index < -0.39 is 0 Å². The van der Waals surface area contributed by atoms with Gasteiger partial charge in [0.15, 0.2) is 0 Å². The molecule has 3 nitrogen and oxygen atoms in total. The van der Waals surface area contributed by atoms with Crippen LogP contribution in [0.4, 0.5) is 5.82 Å². The molecule has 0 bridgehead atoms. The smallest absolute Gasteiger partial charge is 0.147 e. The van der Waals surface area contributed by atoms with E-state index in [4.69, 9.17) is 0 Å². The highest BCUT2D eigenvalue weighted by Crippen LogP contribution is 2.19. The van der Waals surface area contributed by atoms with Crippen molar-refractivity contribution in [1.82, 2.24) is 9.97 Å². The Bertz CT molecular complexity index is 489. The van der Waals surface area contributed by atoms with Gasteiger partial charge in [0.1, 0.15) is 5.82 Å². The molecule has 0 radical (unpaired) electrons. The number of para-hydroxylation sites is 2. The summed E-state index contributed by atoms with van der Waals surface area (Å²) in [6, 6.07) is 8.03. The van der Waals surface area contributed by atoms with Crippen LogP contribution >= 0.6 is 0 Å². The maximum atomic E-state index is 4.66. The maximum Gasteiger partial charge on any atom is 0.147 e. The molecule has 3 rings (SSSR count). The monoisotopic (exact) mass is 213 g/mol. The quantitative estimate of drug-likeness (QED) is 0.729. The molecule has 1 aliphatic heterocycles. The van der Waals surface area contributed by atoms with Crippen molar-refractivity contribution in [2.24, 2.45) is 0 Å². The zero-order valence-corrected chi connectivity index (χ0v) is 9.26. The van der Waals surface area contributed by atoms with Gasteiger partial charge in [-0.05, 0) is 31.4 Å². The van der Waals surface area contributed by atoms with E-state index in [1.54, 1.807) is 0 Å². The normalized spacial score (nSPS) is 16.6. The molecule has 0 unspecified atom stereocenters. The summed E-state index contributed by atoms with van der Waals surface area (Å²) < 4.78 is 0. The van der Waals surface area contributed by atoms with Crippen LogP contribution in [0, 0.1) is 0 Å². The van der Waals surface area contributed by atoms with E-state index in [9.17, 15) is 0 Å². The lowest BCUT2D eigenvalue weighted by Gasteiger charge is -2.27. The van der Waals surface area contributed by atoms with Gasteiger partial charge in [-0.25, -0.2) is 4.98 Å². The van der Waals surface area contributed by atoms with Crippen LogP contribution in [0.25, 0.3) is 11.0 Å². The van der Waals surface area contributed by atoms with E-state index in [1.165, 1.54) is 19.3 Å². The van der Waals surface area contributed by atoms with Gasteiger partial charge >= 0.3 is 0 Å². The average molecular weight is 213 g/mol. The molecule has 0 atom stereocenters. The van der Waals surface area contributed by atoms with Crippen molar-refractivity contribution in [2.75, 3.05) is 18.0 Å². The molecule has 1 saturated heterocycles. The van der Waals surface area contributed by atoms with Crippen LogP contribution in [0.15, 0.2) is 30.5 Å². The number of anilines is 1. The Morgan fingerprint density at radius 1 is 0.938 bits per heavy atom. The van der Waals surface area contributed by atoms with E-state index in [0.29, 0.717) is 0 Å². The van der Waals surface area contributed by atoms with Crippen molar-refractivity contribution in [2.45, 2.75) is 19.3 Å². The van der Waals surface area contributed by atoms with Gasteiger partial charge in [-0.1, -0.05) is 12.1 Å². The van der Waals surface area contributed by atoms with E-state index >= 15 is 0 Å². The fraction of sp³-hybridized carbons (Fsp3) is 0.385. The summed E-state index contributed by atoms with van der Waals surface area (Å²) >= 11 is 0. The first-order chi connectivity index (χ1) is 7.93. The molecule has 0 amide bonds. The molecule has 0 aliphatic carbocycles. The predicted octanol–water partition coefficient (Wildman–Crippen LogP) is 2.62. The highest BCUT2D eigenvalue weighted by molar-refractivity contribution is 5.75. The number of hydrogen-bond donors (Lipinski definition) is 0. The number of fused-ring (bicyclic) bond motifs is 1. The first kappa shape index (κ1) is 9.58. The van der Waals surface area contributed by atoms with Crippen molar-refractivity contribution >= 4 is 16.9 Å². The lowest BCUT2D eigenvalue weighted by atomic mass is 10.1. The Morgan fingerprint density at radius 2 is 1.69 bits per heavy atom. The number of hydrogen-bond acceptors (Lipinski definition) is 3. The van der Waals surface area contributed by atoms with E-state index in [-0.39, 0.29) is 0 Å². The topological polar surface area (TPSA) is 29.0 Å². The average Bonchev–Trinajstić information content (AvgIpc) is 2.39. The molecule has 16 heavy (non-hydrogen) atoms. The van der Waals surface area contributed by atoms with Crippen LogP contribution in [0.5, 0.6) is 0 Å². The van der Waals surface area contributed by atoms with Gasteiger partial charge in [0.25, 0.3) is 0 Å². The standard InChI is InChI=1S/C13H15N3/c1-4-8-16(9-5-1)13-10-14-11-6-2-3-7-12(11)15-13/h2-3,6-7,10H,1,4-5,8-9H2. The van der Waals surface area contributed by atoms with Crippen LogP contribution in [0.2, 0.25) is 0 Å². The third kappa shape index (κ3) is 1.73. The van der Waals surface area contributed by atoms with Crippen LogP contribution in [0.3, 0.4) is 0 Å². The molecule has 1 aromatic carbocycles. The highest BCUT2D eigenvalue weighted by Gasteiger charge is 2.12. The van der Waals surface area contributed by atoms with Crippen molar-refractivity contribution in [1.29, 1.82) is 0 Å². The summed E-state index contributed by atoms with van der Waals surface area (Å²) in [5, 5.41) is 0. The minimum Gasteiger partial charge on any atom is -0.355 e. The van der Waals surface area contributed by atoms with Gasteiger partial charge in [0, 0.05) is 13.1 Å². The number of aromatic nitrogens is 2. The third-order valence-corrected chi connectivity index (χ3v) is 3.12. The number of rotatable bonds is 1. The first-order valence-electron chi connectivity index (χ1n) is 5.90. The summed E-state index contributed by atoms with van der Waals surface area (Å²) in [6.45, 7) is 2.24. The van der Waals surface area contributed by atoms with Crippen LogP contribution in [-0.2, 0) is 0 Å². The Hall–Kier alpha value is -1.64. The summed E-state index contributed by atoms with van der Waals surface area (Å²) in [6.07, 6.45) is 5.79. The molecule has 82 valence electrons. The lowest BCUT2D eigenvalue weighted by Crippen LogP contribution is -2.30. The maximum absolute atomic E-state index is 4.66. The molecule has 2 aromatic rings. The number of benzene rings is 1. The van der Waals surface area contributed by atoms with Crippen molar-refractivity contribution in [3.63, 3.8) is 0 Å². The molecule has 1 aliphatic rings. The SMILES string of the molecule is c1ccc2nc(N3CCCCC3)cnc2c1. The second kappa shape index (κ2) is 4.08. The summed E-state index contributed by atoms with van der Waals surface area (Å²) in [7, 11) is 0. The molecule has 3 heteroatoms. The van der Waals surface area contributed by atoms with Gasteiger partial charge in [-0.3, -0.25) is 4.98 Å². The molecule has 0 spiro atoms. The zero-order chi connectivity index (χ0) is 10.8. The highest BCUT2D eigenvalue weighted by atomic mass is 15.2. The Labute approximate surface area is 95.1 Å². The fourth-order valence-electron chi connectivity index (χ4n) is 2.22. The van der Waals surface area contributed by atoms with Crippen LogP contribution in [0.1, 0.15) is 19.3 Å². The predicted molar refractivity (Wildman–Crippen MR) is 65.6 cm³/mol. The minimum atomic E-state index is 0.975. The molecule has 0 N–H and O–H groups in total. The first-order valence-corrected chi connectivity index (χ1v) is 5.90. The largest absolute Gasteiger partial charge is 0.355 e. The molecular formula is C13H15N3. The second-order valence-electron chi connectivity index (χ2n) is 4.26. The zero-order valence-electron chi connectivity index (χ0n) is 9.26. The molecule has 2 heterocycles. The molecule has 1 fully saturated rings. The Morgan fingerprint density at radius 3 is 2.50 bits per heavy atom. The summed E-state index contributed by atoms with van der Waals surface area (Å²) in [4.78, 5) is 11.5. The lowest BCUT2D eigenvalue weighted by molar-refractivity contribution is 0.573. The Balaban J connectivity index is 1.97. The second-order valence-corrected chi connectivity index (χ2v) is 4.26. The van der Waals surface area contributed by atoms with E-state index in [1.807, 2.05) is 30.5 Å². The van der Waals surface area contributed by atoms with Crippen LogP contribution < -0.4 is 4.90 Å². The Kier molecular flexibility index (Phi) is 2.44. The van der Waals surface area contributed by atoms with Gasteiger partial charge in [-0.2, -0.15) is 0 Å². The van der Waals surface area contributed by atoms with Gasteiger partial charge in [-0.15, -0.1) is 0 Å². The van der Waals surface area contributed by atoms with Crippen molar-refractivity contribution in [3.05, 3.63) is 30.5 Å². The van der Waals surface area contributed by atoms with Gasteiger partial charge in [0.2, 0.25) is 0 Å². The van der Waals surface area contributed by atoms with Gasteiger partial charge in [0.05, 0.1) is 17.2 Å². The molecule has 0 saturated carbocycles. The molecular weight excluding hydrogens is 198 g/mol. The third-order valence-electron chi connectivity index (χ3n) is 3.12. The molecule has 1 aromatic heterocycles. The fourth-order valence-corrected chi connectivity index (χ4v) is 2.22. The minimum absolute atomic E-state index is 0.975. The summed E-state index contributed by atoms with van der Waals surface area (Å²) in [5.41, 5.74) is 1.97. The number of nitrogens with zero attached hydrogens (tertiary/aromatic N) is 3. The summed E-state index contributed by atoms with van der Waals surface area (Å²) in [5.74, 6) is 1.03. The van der Waals surface area contributed by atoms with Crippen molar-refractivity contribution < 1.29 is 0 Å². The van der Waals surface area contributed by atoms with E-state index in [0.717, 1.165) is 29.9 Å². The number of piperidine rings is 1. The van der Waals surface area contributed by atoms with E-state index in [2.05, 4.69) is 14.9 Å². The van der Waals surface area contributed by atoms with Crippen LogP contribution in [-0.4, -0.2) is 23.1 Å². The van der Waals surface area contributed by atoms with Gasteiger partial charge < -0.3 is 4.90 Å².